The van der Waals surface area contributed by atoms with Gasteiger partial charge in [0, 0.05) is 6.54 Å². The summed E-state index contributed by atoms with van der Waals surface area (Å²) in [5.41, 5.74) is 0. The Kier molecular flexibility index (Phi) is 2.34. The molecule has 2 atom stereocenters. The lowest BCUT2D eigenvalue weighted by Gasteiger charge is -2.16. The van der Waals surface area contributed by atoms with Crippen LogP contribution in [0.25, 0.3) is 0 Å². The monoisotopic (exact) mass is 159 g/mol. The lowest BCUT2D eigenvalue weighted by molar-refractivity contribution is 0.0147. The second-order valence-electron chi connectivity index (χ2n) is 2.53. The highest BCUT2D eigenvalue weighted by Crippen LogP contribution is 2.18. The van der Waals surface area contributed by atoms with E-state index in [0.29, 0.717) is 13.0 Å². The van der Waals surface area contributed by atoms with Gasteiger partial charge >= 0.3 is 6.09 Å². The van der Waals surface area contributed by atoms with E-state index >= 15 is 0 Å². The van der Waals surface area contributed by atoms with Gasteiger partial charge in [0.25, 0.3) is 0 Å². The molecule has 64 valence electrons. The molecule has 0 aromatic rings. The van der Waals surface area contributed by atoms with Crippen molar-refractivity contribution in [1.29, 1.82) is 0 Å². The van der Waals surface area contributed by atoms with Gasteiger partial charge in [-0.25, -0.2) is 4.79 Å². The second kappa shape index (κ2) is 3.09. The van der Waals surface area contributed by atoms with Gasteiger partial charge in [-0.15, -0.1) is 0 Å². The van der Waals surface area contributed by atoms with Crippen LogP contribution < -0.4 is 0 Å². The Morgan fingerprint density at radius 3 is 2.55 bits per heavy atom. The summed E-state index contributed by atoms with van der Waals surface area (Å²) in [7, 11) is 0. The fourth-order valence-corrected chi connectivity index (χ4v) is 1.18. The average Bonchev–Trinajstić information content (AvgIpc) is 2.26. The minimum absolute atomic E-state index is 0.345. The quantitative estimate of drug-likeness (QED) is 0.640. The van der Waals surface area contributed by atoms with Gasteiger partial charge in [0.2, 0.25) is 0 Å². The molecule has 0 spiro atoms. The van der Waals surface area contributed by atoms with E-state index in [1.54, 1.807) is 0 Å². The molecule has 0 aliphatic carbocycles. The Balaban J connectivity index is 2.62. The third-order valence-corrected chi connectivity index (χ3v) is 1.88. The van der Waals surface area contributed by atoms with Crippen molar-refractivity contribution in [3.05, 3.63) is 0 Å². The maximum atomic E-state index is 10.9. The number of hydrogen-bond acceptors (Lipinski definition) is 3. The molecule has 1 amide bonds. The van der Waals surface area contributed by atoms with Crippen LogP contribution >= 0.6 is 0 Å². The first-order chi connectivity index (χ1) is 5.20. The average molecular weight is 159 g/mol. The molecule has 0 aromatic carbocycles. The van der Waals surface area contributed by atoms with Crippen molar-refractivity contribution in [3.8, 4) is 0 Å². The maximum Gasteiger partial charge on any atom is 0.412 e. The number of rotatable bonds is 2. The highest BCUT2D eigenvalue weighted by Gasteiger charge is 2.38. The predicted molar refractivity (Wildman–Crippen MR) is 38.9 cm³/mol. The Morgan fingerprint density at radius 1 is 1.64 bits per heavy atom. The summed E-state index contributed by atoms with van der Waals surface area (Å²) in [6.07, 6.45) is -0.851. The summed E-state index contributed by atoms with van der Waals surface area (Å²) >= 11 is 0. The molecule has 1 saturated heterocycles. The minimum Gasteiger partial charge on any atom is -0.441 e. The molecule has 1 aliphatic rings. The number of likely N-dealkylation sites (N-methyl/N-ethyl adjacent to an activating group) is 1. The first-order valence-electron chi connectivity index (χ1n) is 3.86. The Labute approximate surface area is 65.8 Å². The normalized spacial score (nSPS) is 30.8. The molecule has 1 fully saturated rings. The van der Waals surface area contributed by atoms with Crippen LogP contribution in [-0.4, -0.2) is 35.0 Å². The van der Waals surface area contributed by atoms with Crippen LogP contribution in [0.1, 0.15) is 20.3 Å². The molecular weight excluding hydrogens is 146 g/mol. The van der Waals surface area contributed by atoms with E-state index in [1.807, 2.05) is 13.8 Å². The summed E-state index contributed by atoms with van der Waals surface area (Å²) in [5.74, 6) is 0. The van der Waals surface area contributed by atoms with E-state index in [4.69, 9.17) is 4.74 Å². The predicted octanol–water partition coefficient (Wildman–Crippen LogP) is 0.555. The zero-order valence-corrected chi connectivity index (χ0v) is 6.78. The van der Waals surface area contributed by atoms with Gasteiger partial charge in [0.1, 0.15) is 6.10 Å². The number of carbonyl (C=O) groups is 1. The number of cyclic esters (lactones) is 1. The molecule has 0 saturated carbocycles. The number of amides is 1. The maximum absolute atomic E-state index is 10.9. The fourth-order valence-electron chi connectivity index (χ4n) is 1.18. The van der Waals surface area contributed by atoms with Crippen LogP contribution in [0.15, 0.2) is 0 Å². The Bertz CT molecular complexity index is 160. The first kappa shape index (κ1) is 8.33. The first-order valence-corrected chi connectivity index (χ1v) is 3.86. The Morgan fingerprint density at radius 2 is 2.27 bits per heavy atom. The van der Waals surface area contributed by atoms with E-state index in [1.165, 1.54) is 4.90 Å². The molecule has 1 N–H and O–H groups in total. The van der Waals surface area contributed by atoms with E-state index < -0.39 is 12.3 Å². The lowest BCUT2D eigenvalue weighted by atomic mass is 10.2. The SMILES string of the molecule is CCC1OC(=O)N(CC)C1O. The zero-order valence-electron chi connectivity index (χ0n) is 6.78. The minimum atomic E-state index is -0.752. The summed E-state index contributed by atoms with van der Waals surface area (Å²) < 4.78 is 4.86. The van der Waals surface area contributed by atoms with Gasteiger partial charge in [0.15, 0.2) is 6.23 Å². The molecule has 0 radical (unpaired) electrons. The number of aliphatic hydroxyl groups excluding tert-OH is 1. The summed E-state index contributed by atoms with van der Waals surface area (Å²) in [5, 5.41) is 9.40. The van der Waals surface area contributed by atoms with E-state index in [-0.39, 0.29) is 6.10 Å². The summed E-state index contributed by atoms with van der Waals surface area (Å²) in [6, 6.07) is 0. The molecule has 0 aromatic heterocycles. The molecule has 1 aliphatic heterocycles. The van der Waals surface area contributed by atoms with E-state index in [2.05, 4.69) is 0 Å². The van der Waals surface area contributed by atoms with Crippen molar-refractivity contribution in [2.24, 2.45) is 0 Å². The molecule has 11 heavy (non-hydrogen) atoms. The second-order valence-corrected chi connectivity index (χ2v) is 2.53. The van der Waals surface area contributed by atoms with Crippen molar-refractivity contribution >= 4 is 6.09 Å². The third kappa shape index (κ3) is 1.30. The van der Waals surface area contributed by atoms with Crippen LogP contribution in [0.3, 0.4) is 0 Å². The highest BCUT2D eigenvalue weighted by atomic mass is 16.6. The van der Waals surface area contributed by atoms with Crippen molar-refractivity contribution in [2.45, 2.75) is 32.6 Å². The van der Waals surface area contributed by atoms with E-state index in [9.17, 15) is 9.90 Å². The molecule has 1 rings (SSSR count). The molecule has 4 nitrogen and oxygen atoms in total. The number of aliphatic hydroxyl groups is 1. The number of carbonyl (C=O) groups excluding carboxylic acids is 1. The van der Waals surface area contributed by atoms with Gasteiger partial charge in [-0.2, -0.15) is 0 Å². The standard InChI is InChI=1S/C7H13NO3/c1-3-5-6(9)8(4-2)7(10)11-5/h5-6,9H,3-4H2,1-2H3. The van der Waals surface area contributed by atoms with Crippen LogP contribution in [0, 0.1) is 0 Å². The van der Waals surface area contributed by atoms with Crippen LogP contribution in [-0.2, 0) is 4.74 Å². The molecule has 4 heteroatoms. The molecule has 2 unspecified atom stereocenters. The van der Waals surface area contributed by atoms with Crippen molar-refractivity contribution in [1.82, 2.24) is 4.90 Å². The topological polar surface area (TPSA) is 49.8 Å². The smallest absolute Gasteiger partial charge is 0.412 e. The number of hydrogen-bond donors (Lipinski definition) is 1. The van der Waals surface area contributed by atoms with Crippen molar-refractivity contribution < 1.29 is 14.6 Å². The zero-order chi connectivity index (χ0) is 8.43. The lowest BCUT2D eigenvalue weighted by Crippen LogP contribution is -2.35. The Hall–Kier alpha value is -0.770. The van der Waals surface area contributed by atoms with Crippen molar-refractivity contribution in [3.63, 3.8) is 0 Å². The van der Waals surface area contributed by atoms with Gasteiger partial charge in [-0.3, -0.25) is 4.90 Å². The largest absolute Gasteiger partial charge is 0.441 e. The fraction of sp³-hybridized carbons (Fsp3) is 0.857. The van der Waals surface area contributed by atoms with E-state index in [0.717, 1.165) is 0 Å². The molecule has 0 bridgehead atoms. The van der Waals surface area contributed by atoms with Gasteiger partial charge in [0.05, 0.1) is 0 Å². The van der Waals surface area contributed by atoms with Gasteiger partial charge < -0.3 is 9.84 Å². The van der Waals surface area contributed by atoms with Gasteiger partial charge in [-0.1, -0.05) is 6.92 Å². The van der Waals surface area contributed by atoms with Crippen LogP contribution in [0.2, 0.25) is 0 Å². The highest BCUT2D eigenvalue weighted by molar-refractivity contribution is 5.70. The summed E-state index contributed by atoms with van der Waals surface area (Å²) in [6.45, 7) is 4.18. The number of nitrogens with zero attached hydrogens (tertiary/aromatic N) is 1. The molecular formula is C7H13NO3. The van der Waals surface area contributed by atoms with Crippen LogP contribution in [0.4, 0.5) is 4.79 Å². The number of ether oxygens (including phenoxy) is 1. The van der Waals surface area contributed by atoms with Crippen LogP contribution in [0.5, 0.6) is 0 Å². The van der Waals surface area contributed by atoms with Gasteiger partial charge in [-0.05, 0) is 13.3 Å². The summed E-state index contributed by atoms with van der Waals surface area (Å²) in [4.78, 5) is 12.2. The van der Waals surface area contributed by atoms with Crippen molar-refractivity contribution in [2.75, 3.05) is 6.54 Å². The molecule has 1 heterocycles. The third-order valence-electron chi connectivity index (χ3n) is 1.88.